The van der Waals surface area contributed by atoms with Gasteiger partial charge in [-0.05, 0) is 62.9 Å². The maximum Gasteiger partial charge on any atom is 0.0594 e. The first-order valence-electron chi connectivity index (χ1n) is 9.61. The zero-order valence-electron chi connectivity index (χ0n) is 15.7. The van der Waals surface area contributed by atoms with E-state index >= 15 is 0 Å². The van der Waals surface area contributed by atoms with Crippen molar-refractivity contribution in [2.24, 2.45) is 11.3 Å². The molecule has 1 aliphatic carbocycles. The van der Waals surface area contributed by atoms with Gasteiger partial charge in [-0.15, -0.1) is 6.58 Å². The number of hydrogen-bond acceptors (Lipinski definition) is 3. The van der Waals surface area contributed by atoms with Crippen molar-refractivity contribution in [2.75, 3.05) is 39.4 Å². The van der Waals surface area contributed by atoms with Gasteiger partial charge in [-0.2, -0.15) is 0 Å². The summed E-state index contributed by atoms with van der Waals surface area (Å²) in [6.07, 6.45) is 9.79. The van der Waals surface area contributed by atoms with Crippen LogP contribution in [0.4, 0.5) is 0 Å². The Morgan fingerprint density at radius 1 is 1.22 bits per heavy atom. The Morgan fingerprint density at radius 2 is 1.87 bits per heavy atom. The van der Waals surface area contributed by atoms with Crippen molar-refractivity contribution in [1.29, 1.82) is 0 Å². The Bertz CT molecular complexity index is 347. The first kappa shape index (κ1) is 19.0. The molecule has 2 fully saturated rings. The van der Waals surface area contributed by atoms with Crippen LogP contribution in [0.3, 0.4) is 0 Å². The fraction of sp³-hybridized carbons (Fsp3) is 0.900. The van der Waals surface area contributed by atoms with E-state index in [0.717, 1.165) is 45.2 Å². The summed E-state index contributed by atoms with van der Waals surface area (Å²) in [7, 11) is 0. The smallest absolute Gasteiger partial charge is 0.0594 e. The molecule has 2 rings (SSSR count). The van der Waals surface area contributed by atoms with Crippen molar-refractivity contribution in [3.8, 4) is 0 Å². The average Bonchev–Trinajstić information content (AvgIpc) is 2.53. The SMILES string of the molecule is C=CCC1(NCCCN2CCOCC2)CCC(C(C)(C)C)CC1. The van der Waals surface area contributed by atoms with Gasteiger partial charge < -0.3 is 10.1 Å². The third kappa shape index (κ3) is 5.88. The van der Waals surface area contributed by atoms with Gasteiger partial charge in [0, 0.05) is 18.6 Å². The molecular formula is C20H38N2O. The lowest BCUT2D eigenvalue weighted by molar-refractivity contribution is 0.0368. The average molecular weight is 323 g/mol. The number of rotatable bonds is 7. The van der Waals surface area contributed by atoms with Crippen molar-refractivity contribution in [1.82, 2.24) is 10.2 Å². The first-order chi connectivity index (χ1) is 11.0. The lowest BCUT2D eigenvalue weighted by Gasteiger charge is -2.44. The number of ether oxygens (including phenoxy) is 1. The highest BCUT2D eigenvalue weighted by Crippen LogP contribution is 2.42. The summed E-state index contributed by atoms with van der Waals surface area (Å²) >= 11 is 0. The molecule has 0 aromatic heterocycles. The summed E-state index contributed by atoms with van der Waals surface area (Å²) in [6, 6.07) is 0. The third-order valence-electron chi connectivity index (χ3n) is 5.96. The molecule has 1 aliphatic heterocycles. The summed E-state index contributed by atoms with van der Waals surface area (Å²) in [5.41, 5.74) is 0.769. The van der Waals surface area contributed by atoms with Crippen molar-refractivity contribution >= 4 is 0 Å². The van der Waals surface area contributed by atoms with Crippen LogP contribution in [0.15, 0.2) is 12.7 Å². The Labute approximate surface area is 143 Å². The summed E-state index contributed by atoms with van der Waals surface area (Å²) < 4.78 is 5.42. The van der Waals surface area contributed by atoms with Gasteiger partial charge in [0.05, 0.1) is 13.2 Å². The second-order valence-corrected chi connectivity index (χ2v) is 8.65. The van der Waals surface area contributed by atoms with Crippen LogP contribution in [0.5, 0.6) is 0 Å². The van der Waals surface area contributed by atoms with Crippen LogP contribution < -0.4 is 5.32 Å². The zero-order chi connectivity index (χ0) is 16.8. The van der Waals surface area contributed by atoms with Crippen molar-refractivity contribution in [3.63, 3.8) is 0 Å². The summed E-state index contributed by atoms with van der Waals surface area (Å²) in [6.45, 7) is 17.5. The lowest BCUT2D eigenvalue weighted by Crippen LogP contribution is -2.49. The van der Waals surface area contributed by atoms with Gasteiger partial charge in [-0.1, -0.05) is 26.8 Å². The number of nitrogens with zero attached hydrogens (tertiary/aromatic N) is 1. The van der Waals surface area contributed by atoms with Gasteiger partial charge in [0.2, 0.25) is 0 Å². The molecule has 1 heterocycles. The minimum Gasteiger partial charge on any atom is -0.379 e. The topological polar surface area (TPSA) is 24.5 Å². The Kier molecular flexibility index (Phi) is 7.12. The lowest BCUT2D eigenvalue weighted by atomic mass is 9.66. The summed E-state index contributed by atoms with van der Waals surface area (Å²) in [5, 5.41) is 3.92. The van der Waals surface area contributed by atoms with Gasteiger partial charge in [-0.3, -0.25) is 4.90 Å². The molecule has 0 bridgehead atoms. The molecule has 3 heteroatoms. The number of hydrogen-bond donors (Lipinski definition) is 1. The normalized spacial score (nSPS) is 30.3. The molecule has 3 nitrogen and oxygen atoms in total. The van der Waals surface area contributed by atoms with Gasteiger partial charge in [0.1, 0.15) is 0 Å². The largest absolute Gasteiger partial charge is 0.379 e. The number of nitrogens with one attached hydrogen (secondary N) is 1. The van der Waals surface area contributed by atoms with Crippen LogP contribution in [0.25, 0.3) is 0 Å². The fourth-order valence-corrected chi connectivity index (χ4v) is 4.25. The van der Waals surface area contributed by atoms with E-state index < -0.39 is 0 Å². The maximum absolute atomic E-state index is 5.42. The Balaban J connectivity index is 1.74. The second-order valence-electron chi connectivity index (χ2n) is 8.65. The van der Waals surface area contributed by atoms with Crippen LogP contribution in [0.1, 0.15) is 59.3 Å². The molecule has 0 aromatic rings. The molecule has 0 radical (unpaired) electrons. The van der Waals surface area contributed by atoms with Gasteiger partial charge >= 0.3 is 0 Å². The van der Waals surface area contributed by atoms with E-state index in [1.807, 2.05) is 0 Å². The molecule has 0 aromatic carbocycles. The van der Waals surface area contributed by atoms with Gasteiger partial charge in [-0.25, -0.2) is 0 Å². The van der Waals surface area contributed by atoms with Crippen molar-refractivity contribution < 1.29 is 4.74 Å². The van der Waals surface area contributed by atoms with E-state index in [1.165, 1.54) is 38.6 Å². The Morgan fingerprint density at radius 3 is 2.43 bits per heavy atom. The molecule has 0 spiro atoms. The molecular weight excluding hydrogens is 284 g/mol. The van der Waals surface area contributed by atoms with Crippen LogP contribution in [-0.4, -0.2) is 49.8 Å². The summed E-state index contributed by atoms with van der Waals surface area (Å²) in [4.78, 5) is 2.53. The molecule has 134 valence electrons. The van der Waals surface area contributed by atoms with E-state index in [1.54, 1.807) is 0 Å². The summed E-state index contributed by atoms with van der Waals surface area (Å²) in [5.74, 6) is 0.871. The fourth-order valence-electron chi connectivity index (χ4n) is 4.25. The maximum atomic E-state index is 5.42. The predicted molar refractivity (Wildman–Crippen MR) is 98.8 cm³/mol. The van der Waals surface area contributed by atoms with Crippen LogP contribution in [0, 0.1) is 11.3 Å². The highest BCUT2D eigenvalue weighted by atomic mass is 16.5. The quantitative estimate of drug-likeness (QED) is 0.569. The van der Waals surface area contributed by atoms with Gasteiger partial charge in [0.15, 0.2) is 0 Å². The van der Waals surface area contributed by atoms with E-state index in [-0.39, 0.29) is 0 Å². The molecule has 0 unspecified atom stereocenters. The minimum atomic E-state index is 0.314. The molecule has 1 N–H and O–H groups in total. The number of morpholine rings is 1. The predicted octanol–water partition coefficient (Wildman–Crippen LogP) is 3.85. The zero-order valence-corrected chi connectivity index (χ0v) is 15.7. The molecule has 2 aliphatic rings. The van der Waals surface area contributed by atoms with Crippen molar-refractivity contribution in [3.05, 3.63) is 12.7 Å². The highest BCUT2D eigenvalue weighted by molar-refractivity contribution is 4.98. The van der Waals surface area contributed by atoms with Crippen molar-refractivity contribution in [2.45, 2.75) is 64.8 Å². The Hall–Kier alpha value is -0.380. The third-order valence-corrected chi connectivity index (χ3v) is 5.96. The van der Waals surface area contributed by atoms with Crippen LogP contribution in [-0.2, 0) is 4.74 Å². The monoisotopic (exact) mass is 322 g/mol. The van der Waals surface area contributed by atoms with Gasteiger partial charge in [0.25, 0.3) is 0 Å². The van der Waals surface area contributed by atoms with E-state index in [9.17, 15) is 0 Å². The minimum absolute atomic E-state index is 0.314. The molecule has 1 saturated heterocycles. The van der Waals surface area contributed by atoms with Crippen LogP contribution in [0.2, 0.25) is 0 Å². The molecule has 23 heavy (non-hydrogen) atoms. The molecule has 0 amide bonds. The molecule has 0 atom stereocenters. The van der Waals surface area contributed by atoms with Crippen LogP contribution >= 0.6 is 0 Å². The standard InChI is InChI=1S/C20H38N2O/c1-5-9-20(10-7-18(8-11-20)19(2,3)4)21-12-6-13-22-14-16-23-17-15-22/h5,18,21H,1,6-17H2,2-4H3. The van der Waals surface area contributed by atoms with E-state index in [4.69, 9.17) is 4.74 Å². The van der Waals surface area contributed by atoms with E-state index in [2.05, 4.69) is 43.6 Å². The van der Waals surface area contributed by atoms with E-state index in [0.29, 0.717) is 11.0 Å². The second kappa shape index (κ2) is 8.64. The molecule has 1 saturated carbocycles. The highest BCUT2D eigenvalue weighted by Gasteiger charge is 2.37. The first-order valence-corrected chi connectivity index (χ1v) is 9.61.